The van der Waals surface area contributed by atoms with Crippen LogP contribution in [0.5, 0.6) is 0 Å². The Balaban J connectivity index is 1.56. The molecule has 24 heavy (non-hydrogen) atoms. The first kappa shape index (κ1) is 16.5. The second-order valence-electron chi connectivity index (χ2n) is 5.85. The van der Waals surface area contributed by atoms with Crippen LogP contribution in [0.15, 0.2) is 53.6 Å². The van der Waals surface area contributed by atoms with Crippen LogP contribution >= 0.6 is 11.6 Å². The molecule has 1 heterocycles. The van der Waals surface area contributed by atoms with E-state index in [4.69, 9.17) is 11.6 Å². The number of nitrogens with zero attached hydrogens (tertiary/aromatic N) is 2. The van der Waals surface area contributed by atoms with Crippen LogP contribution in [0.1, 0.15) is 35.2 Å². The number of rotatable bonds is 4. The van der Waals surface area contributed by atoms with Crippen molar-refractivity contribution >= 4 is 29.4 Å². The van der Waals surface area contributed by atoms with Crippen LogP contribution in [0, 0.1) is 0 Å². The van der Waals surface area contributed by atoms with Crippen molar-refractivity contribution in [1.29, 1.82) is 0 Å². The molecule has 3 rings (SSSR count). The Kier molecular flexibility index (Phi) is 5.49. The third-order valence-electron chi connectivity index (χ3n) is 4.10. The van der Waals surface area contributed by atoms with Gasteiger partial charge in [0.15, 0.2) is 0 Å². The fourth-order valence-electron chi connectivity index (χ4n) is 2.75. The highest BCUT2D eigenvalue weighted by Crippen LogP contribution is 2.19. The van der Waals surface area contributed by atoms with E-state index in [2.05, 4.69) is 27.6 Å². The van der Waals surface area contributed by atoms with Gasteiger partial charge in [-0.3, -0.25) is 4.79 Å². The molecule has 2 aromatic rings. The average Bonchev–Trinajstić information content (AvgIpc) is 2.63. The molecule has 1 aliphatic heterocycles. The first-order chi connectivity index (χ1) is 11.7. The Bertz CT molecular complexity index is 704. The molecule has 1 saturated heterocycles. The van der Waals surface area contributed by atoms with Gasteiger partial charge in [0.1, 0.15) is 0 Å². The summed E-state index contributed by atoms with van der Waals surface area (Å²) in [6.45, 7) is 2.26. The van der Waals surface area contributed by atoms with E-state index in [1.54, 1.807) is 30.5 Å². The maximum atomic E-state index is 11.9. The summed E-state index contributed by atoms with van der Waals surface area (Å²) in [7, 11) is 0. The molecule has 5 heteroatoms. The molecular formula is C19H20ClN3O. The number of anilines is 1. The number of halogens is 1. The minimum atomic E-state index is -0.257. The van der Waals surface area contributed by atoms with E-state index in [0.29, 0.717) is 10.6 Å². The molecule has 4 nitrogen and oxygen atoms in total. The molecule has 0 bridgehead atoms. The van der Waals surface area contributed by atoms with Gasteiger partial charge in [-0.15, -0.1) is 0 Å². The van der Waals surface area contributed by atoms with Crippen molar-refractivity contribution in [3.63, 3.8) is 0 Å². The van der Waals surface area contributed by atoms with Crippen molar-refractivity contribution < 1.29 is 4.79 Å². The predicted octanol–water partition coefficient (Wildman–Crippen LogP) is 4.09. The van der Waals surface area contributed by atoms with Gasteiger partial charge >= 0.3 is 0 Å². The minimum Gasteiger partial charge on any atom is -0.372 e. The van der Waals surface area contributed by atoms with Crippen LogP contribution in [-0.2, 0) is 0 Å². The molecule has 0 saturated carbocycles. The molecular weight excluding hydrogens is 322 g/mol. The van der Waals surface area contributed by atoms with Gasteiger partial charge in [-0.1, -0.05) is 23.7 Å². The molecule has 0 radical (unpaired) electrons. The molecule has 0 aromatic heterocycles. The van der Waals surface area contributed by atoms with Crippen molar-refractivity contribution in [2.45, 2.75) is 19.3 Å². The molecule has 1 N–H and O–H groups in total. The maximum Gasteiger partial charge on any atom is 0.271 e. The van der Waals surface area contributed by atoms with Crippen molar-refractivity contribution in [3.8, 4) is 0 Å². The standard InChI is InChI=1S/C19H20ClN3O/c20-17-8-6-16(7-9-17)19(24)22-21-14-15-4-10-18(11-5-15)23-12-2-1-3-13-23/h4-11,14H,1-3,12-13H2,(H,22,24). The summed E-state index contributed by atoms with van der Waals surface area (Å²) in [4.78, 5) is 14.3. The van der Waals surface area contributed by atoms with Gasteiger partial charge in [-0.25, -0.2) is 5.43 Å². The number of hydrazone groups is 1. The summed E-state index contributed by atoms with van der Waals surface area (Å²) < 4.78 is 0. The quantitative estimate of drug-likeness (QED) is 0.672. The Hall–Kier alpha value is -2.33. The van der Waals surface area contributed by atoms with E-state index in [1.165, 1.54) is 24.9 Å². The smallest absolute Gasteiger partial charge is 0.271 e. The number of hydrogen-bond donors (Lipinski definition) is 1. The molecule has 1 fully saturated rings. The number of hydrogen-bond acceptors (Lipinski definition) is 3. The molecule has 2 aromatic carbocycles. The van der Waals surface area contributed by atoms with E-state index in [-0.39, 0.29) is 5.91 Å². The summed E-state index contributed by atoms with van der Waals surface area (Å²) in [5.74, 6) is -0.257. The average molecular weight is 342 g/mol. The number of nitrogens with one attached hydrogen (secondary N) is 1. The summed E-state index contributed by atoms with van der Waals surface area (Å²) in [5.41, 5.74) is 5.25. The molecule has 124 valence electrons. The topological polar surface area (TPSA) is 44.7 Å². The number of carbonyl (C=O) groups excluding carboxylic acids is 1. The number of carbonyl (C=O) groups is 1. The minimum absolute atomic E-state index is 0.257. The lowest BCUT2D eigenvalue weighted by Gasteiger charge is -2.28. The van der Waals surface area contributed by atoms with Crippen molar-refractivity contribution in [2.75, 3.05) is 18.0 Å². The Morgan fingerprint density at radius 2 is 1.67 bits per heavy atom. The SMILES string of the molecule is O=C(NN=Cc1ccc(N2CCCCC2)cc1)c1ccc(Cl)cc1. The zero-order chi connectivity index (χ0) is 16.8. The van der Waals surface area contributed by atoms with E-state index in [1.807, 2.05) is 12.1 Å². The van der Waals surface area contributed by atoms with Gasteiger partial charge < -0.3 is 4.90 Å². The summed E-state index contributed by atoms with van der Waals surface area (Å²) in [6, 6.07) is 14.9. The lowest BCUT2D eigenvalue weighted by molar-refractivity contribution is 0.0955. The van der Waals surface area contributed by atoms with E-state index in [0.717, 1.165) is 18.7 Å². The third kappa shape index (κ3) is 4.36. The Morgan fingerprint density at radius 3 is 2.33 bits per heavy atom. The van der Waals surface area contributed by atoms with Crippen LogP contribution in [0.2, 0.25) is 5.02 Å². The molecule has 1 aliphatic rings. The Labute approximate surface area is 147 Å². The van der Waals surface area contributed by atoms with Gasteiger partial charge in [0.25, 0.3) is 5.91 Å². The third-order valence-corrected chi connectivity index (χ3v) is 4.35. The highest BCUT2D eigenvalue weighted by atomic mass is 35.5. The van der Waals surface area contributed by atoms with E-state index >= 15 is 0 Å². The first-order valence-corrected chi connectivity index (χ1v) is 8.54. The van der Waals surface area contributed by atoms with E-state index in [9.17, 15) is 4.79 Å². The zero-order valence-corrected chi connectivity index (χ0v) is 14.2. The maximum absolute atomic E-state index is 11.9. The highest BCUT2D eigenvalue weighted by molar-refractivity contribution is 6.30. The number of benzene rings is 2. The zero-order valence-electron chi connectivity index (χ0n) is 13.4. The van der Waals surface area contributed by atoms with Gasteiger partial charge in [-0.2, -0.15) is 5.10 Å². The molecule has 0 unspecified atom stereocenters. The normalized spacial score (nSPS) is 14.8. The van der Waals surface area contributed by atoms with Crippen LogP contribution < -0.4 is 10.3 Å². The fourth-order valence-corrected chi connectivity index (χ4v) is 2.88. The second kappa shape index (κ2) is 7.97. The molecule has 0 spiro atoms. The molecule has 0 aliphatic carbocycles. The second-order valence-corrected chi connectivity index (χ2v) is 6.28. The highest BCUT2D eigenvalue weighted by Gasteiger charge is 2.10. The summed E-state index contributed by atoms with van der Waals surface area (Å²) in [6.07, 6.45) is 5.50. The Morgan fingerprint density at radius 1 is 1.00 bits per heavy atom. The van der Waals surface area contributed by atoms with Crippen LogP contribution in [0.25, 0.3) is 0 Å². The lowest BCUT2D eigenvalue weighted by Crippen LogP contribution is -2.29. The van der Waals surface area contributed by atoms with Gasteiger partial charge in [0.05, 0.1) is 6.21 Å². The van der Waals surface area contributed by atoms with Gasteiger partial charge in [0, 0.05) is 29.4 Å². The first-order valence-electron chi connectivity index (χ1n) is 8.16. The van der Waals surface area contributed by atoms with Crippen molar-refractivity contribution in [3.05, 3.63) is 64.7 Å². The van der Waals surface area contributed by atoms with Crippen LogP contribution in [0.3, 0.4) is 0 Å². The fraction of sp³-hybridized carbons (Fsp3) is 0.263. The molecule has 0 atom stereocenters. The predicted molar refractivity (Wildman–Crippen MR) is 99.0 cm³/mol. The monoisotopic (exact) mass is 341 g/mol. The summed E-state index contributed by atoms with van der Waals surface area (Å²) >= 11 is 5.80. The van der Waals surface area contributed by atoms with Crippen molar-refractivity contribution in [2.24, 2.45) is 5.10 Å². The van der Waals surface area contributed by atoms with E-state index < -0.39 is 0 Å². The lowest BCUT2D eigenvalue weighted by atomic mass is 10.1. The van der Waals surface area contributed by atoms with Crippen LogP contribution in [0.4, 0.5) is 5.69 Å². The largest absolute Gasteiger partial charge is 0.372 e. The number of amides is 1. The van der Waals surface area contributed by atoms with Gasteiger partial charge in [0.2, 0.25) is 0 Å². The summed E-state index contributed by atoms with van der Waals surface area (Å²) in [5, 5.41) is 4.61. The van der Waals surface area contributed by atoms with Crippen LogP contribution in [-0.4, -0.2) is 25.2 Å². The van der Waals surface area contributed by atoms with Gasteiger partial charge in [-0.05, 0) is 61.2 Å². The van der Waals surface area contributed by atoms with Crippen molar-refractivity contribution in [1.82, 2.24) is 5.43 Å². The number of piperidine rings is 1. The molecule has 1 amide bonds.